The molecular formula is C22H27F6N5O5. The standard InChI is InChI=1S/C18H25N5O.2C2HF3O2/c1-2-6-19-17(3-1)20-11-16-13-23-8-7-22(14-18(23)21-16)12-15-4-9-24-10-5-15;2*3-2(4,5)1(6)7/h1-3,6,13,15H,4-5,7-12,14H2,(H,19,20);2*(H,6,7). The molecule has 2 aliphatic rings. The van der Waals surface area contributed by atoms with Crippen LogP contribution in [0, 0.1) is 5.92 Å². The molecule has 2 aromatic rings. The third-order valence-electron chi connectivity index (χ3n) is 5.39. The molecule has 0 unspecified atom stereocenters. The van der Waals surface area contributed by atoms with E-state index in [0.29, 0.717) is 0 Å². The van der Waals surface area contributed by atoms with Crippen LogP contribution >= 0.6 is 0 Å². The molecule has 0 aromatic carbocycles. The maximum absolute atomic E-state index is 10.6. The van der Waals surface area contributed by atoms with E-state index in [1.807, 2.05) is 18.2 Å². The molecule has 1 fully saturated rings. The molecule has 16 heteroatoms. The van der Waals surface area contributed by atoms with E-state index in [2.05, 4.69) is 26.0 Å². The zero-order valence-corrected chi connectivity index (χ0v) is 20.0. The fraction of sp³-hybridized carbons (Fsp3) is 0.545. The number of carboxylic acid groups (broad SMARTS) is 2. The van der Waals surface area contributed by atoms with E-state index in [0.717, 1.165) is 56.8 Å². The van der Waals surface area contributed by atoms with Gasteiger partial charge in [-0.25, -0.2) is 19.6 Å². The number of imidazole rings is 1. The third kappa shape index (κ3) is 10.9. The molecule has 2 aliphatic heterocycles. The van der Waals surface area contributed by atoms with Crippen LogP contribution in [0.15, 0.2) is 30.6 Å². The van der Waals surface area contributed by atoms with E-state index in [1.54, 1.807) is 6.20 Å². The van der Waals surface area contributed by atoms with E-state index in [1.165, 1.54) is 25.2 Å². The lowest BCUT2D eigenvalue weighted by Crippen LogP contribution is -2.38. The minimum Gasteiger partial charge on any atom is -0.475 e. The monoisotopic (exact) mass is 555 g/mol. The molecule has 0 spiro atoms. The van der Waals surface area contributed by atoms with Crippen molar-refractivity contribution in [1.82, 2.24) is 19.4 Å². The molecule has 4 heterocycles. The van der Waals surface area contributed by atoms with Crippen molar-refractivity contribution in [3.8, 4) is 0 Å². The number of fused-ring (bicyclic) bond motifs is 1. The second-order valence-electron chi connectivity index (χ2n) is 8.31. The Hall–Kier alpha value is -3.40. The van der Waals surface area contributed by atoms with Gasteiger partial charge in [-0.1, -0.05) is 6.07 Å². The summed E-state index contributed by atoms with van der Waals surface area (Å²) in [5.41, 5.74) is 1.09. The van der Waals surface area contributed by atoms with Crippen LogP contribution in [0.4, 0.5) is 32.2 Å². The molecule has 0 aliphatic carbocycles. The summed E-state index contributed by atoms with van der Waals surface area (Å²) < 4.78 is 71.2. The lowest BCUT2D eigenvalue weighted by molar-refractivity contribution is -0.193. The highest BCUT2D eigenvalue weighted by Gasteiger charge is 2.38. The van der Waals surface area contributed by atoms with Gasteiger partial charge in [0.2, 0.25) is 0 Å². The normalized spacial score (nSPS) is 16.3. The Morgan fingerprint density at radius 1 is 1.03 bits per heavy atom. The van der Waals surface area contributed by atoms with Crippen LogP contribution in [-0.4, -0.2) is 80.2 Å². The van der Waals surface area contributed by atoms with Crippen LogP contribution in [0.25, 0.3) is 0 Å². The van der Waals surface area contributed by atoms with Crippen LogP contribution in [-0.2, 0) is 34.0 Å². The van der Waals surface area contributed by atoms with Crippen molar-refractivity contribution in [2.75, 3.05) is 31.6 Å². The van der Waals surface area contributed by atoms with E-state index < -0.39 is 24.3 Å². The number of nitrogens with zero attached hydrogens (tertiary/aromatic N) is 4. The van der Waals surface area contributed by atoms with E-state index in [9.17, 15) is 26.3 Å². The van der Waals surface area contributed by atoms with Crippen molar-refractivity contribution in [3.63, 3.8) is 0 Å². The number of anilines is 1. The van der Waals surface area contributed by atoms with Gasteiger partial charge < -0.3 is 24.8 Å². The number of hydrogen-bond acceptors (Lipinski definition) is 7. The summed E-state index contributed by atoms with van der Waals surface area (Å²) in [6, 6.07) is 5.89. The number of carboxylic acids is 2. The summed E-state index contributed by atoms with van der Waals surface area (Å²) in [6.45, 7) is 6.87. The first kappa shape index (κ1) is 30.8. The quantitative estimate of drug-likeness (QED) is 0.476. The lowest BCUT2D eigenvalue weighted by Gasteiger charge is -2.32. The van der Waals surface area contributed by atoms with Crippen molar-refractivity contribution >= 4 is 17.8 Å². The highest BCUT2D eigenvalue weighted by molar-refractivity contribution is 5.73. The first-order chi connectivity index (χ1) is 17.8. The number of carbonyl (C=O) groups is 2. The van der Waals surface area contributed by atoms with Crippen molar-refractivity contribution in [1.29, 1.82) is 0 Å². The number of ether oxygens (including phenoxy) is 1. The van der Waals surface area contributed by atoms with Gasteiger partial charge in [0.05, 0.1) is 18.8 Å². The molecular weight excluding hydrogens is 528 g/mol. The van der Waals surface area contributed by atoms with Gasteiger partial charge in [-0.2, -0.15) is 26.3 Å². The summed E-state index contributed by atoms with van der Waals surface area (Å²) in [6.07, 6.45) is -3.79. The zero-order chi connectivity index (χ0) is 28.3. The molecule has 0 atom stereocenters. The number of aromatic nitrogens is 3. The number of nitrogens with one attached hydrogen (secondary N) is 1. The molecule has 10 nitrogen and oxygen atoms in total. The molecule has 0 amide bonds. The van der Waals surface area contributed by atoms with Crippen LogP contribution in [0.5, 0.6) is 0 Å². The van der Waals surface area contributed by atoms with Gasteiger partial charge in [0.1, 0.15) is 11.6 Å². The minimum absolute atomic E-state index is 0.719. The highest BCUT2D eigenvalue weighted by Crippen LogP contribution is 2.20. The summed E-state index contributed by atoms with van der Waals surface area (Å²) in [4.78, 5) is 29.4. The van der Waals surface area contributed by atoms with Crippen molar-refractivity contribution in [2.45, 2.75) is 44.8 Å². The van der Waals surface area contributed by atoms with Crippen molar-refractivity contribution in [3.05, 3.63) is 42.1 Å². The van der Waals surface area contributed by atoms with Crippen LogP contribution in [0.1, 0.15) is 24.4 Å². The Labute approximate surface area is 213 Å². The van der Waals surface area contributed by atoms with E-state index in [4.69, 9.17) is 29.5 Å². The average Bonchev–Trinajstić information content (AvgIpc) is 3.26. The number of halogens is 6. The third-order valence-corrected chi connectivity index (χ3v) is 5.39. The minimum atomic E-state index is -5.08. The Morgan fingerprint density at radius 2 is 1.63 bits per heavy atom. The van der Waals surface area contributed by atoms with Gasteiger partial charge in [0, 0.05) is 45.2 Å². The SMILES string of the molecule is O=C(O)C(F)(F)F.O=C(O)C(F)(F)F.c1ccc(NCc2cn3c(n2)CN(CC2CCOCC2)CC3)nc1. The van der Waals surface area contributed by atoms with Crippen LogP contribution in [0.3, 0.4) is 0 Å². The molecule has 0 saturated carbocycles. The summed E-state index contributed by atoms with van der Waals surface area (Å²) in [5.74, 6) is -2.65. The van der Waals surface area contributed by atoms with Gasteiger partial charge in [0.25, 0.3) is 0 Å². The number of hydrogen-bond donors (Lipinski definition) is 3. The van der Waals surface area contributed by atoms with Gasteiger partial charge in [-0.05, 0) is 30.9 Å². The maximum Gasteiger partial charge on any atom is 0.490 e. The largest absolute Gasteiger partial charge is 0.490 e. The Balaban J connectivity index is 0.000000301. The predicted molar refractivity (Wildman–Crippen MR) is 120 cm³/mol. The van der Waals surface area contributed by atoms with Crippen LogP contribution in [0.2, 0.25) is 0 Å². The van der Waals surface area contributed by atoms with Crippen molar-refractivity contribution < 1.29 is 50.9 Å². The van der Waals surface area contributed by atoms with Gasteiger partial charge in [-0.3, -0.25) is 4.90 Å². The molecule has 2 aromatic heterocycles. The number of alkyl halides is 6. The maximum atomic E-state index is 10.6. The van der Waals surface area contributed by atoms with Gasteiger partial charge in [-0.15, -0.1) is 0 Å². The Bertz CT molecular complexity index is 1000. The smallest absolute Gasteiger partial charge is 0.475 e. The Morgan fingerprint density at radius 3 is 2.16 bits per heavy atom. The molecule has 1 saturated heterocycles. The Kier molecular flexibility index (Phi) is 11.3. The summed E-state index contributed by atoms with van der Waals surface area (Å²) in [5, 5.41) is 17.6. The molecule has 212 valence electrons. The zero-order valence-electron chi connectivity index (χ0n) is 20.0. The topological polar surface area (TPSA) is 130 Å². The van der Waals surface area contributed by atoms with E-state index in [-0.39, 0.29) is 0 Å². The van der Waals surface area contributed by atoms with Crippen molar-refractivity contribution in [2.24, 2.45) is 5.92 Å². The number of aliphatic carboxylic acids is 2. The fourth-order valence-corrected chi connectivity index (χ4v) is 3.54. The van der Waals surface area contributed by atoms with Gasteiger partial charge >= 0.3 is 24.3 Å². The van der Waals surface area contributed by atoms with Crippen LogP contribution < -0.4 is 5.32 Å². The summed E-state index contributed by atoms with van der Waals surface area (Å²) in [7, 11) is 0. The second kappa shape index (κ2) is 13.9. The molecule has 4 rings (SSSR count). The fourth-order valence-electron chi connectivity index (χ4n) is 3.54. The average molecular weight is 555 g/mol. The molecule has 0 bridgehead atoms. The summed E-state index contributed by atoms with van der Waals surface area (Å²) >= 11 is 0. The predicted octanol–water partition coefficient (Wildman–Crippen LogP) is 3.40. The van der Waals surface area contributed by atoms with E-state index >= 15 is 0 Å². The second-order valence-corrected chi connectivity index (χ2v) is 8.31. The highest BCUT2D eigenvalue weighted by atomic mass is 19.4. The number of pyridine rings is 1. The first-order valence-corrected chi connectivity index (χ1v) is 11.4. The molecule has 3 N–H and O–H groups in total. The van der Waals surface area contributed by atoms with Gasteiger partial charge in [0.15, 0.2) is 0 Å². The lowest BCUT2D eigenvalue weighted by atomic mass is 9.99. The molecule has 38 heavy (non-hydrogen) atoms. The number of rotatable bonds is 5. The molecule has 0 radical (unpaired) electrons. The first-order valence-electron chi connectivity index (χ1n) is 11.4.